The summed E-state index contributed by atoms with van der Waals surface area (Å²) in [7, 11) is 0. The van der Waals surface area contributed by atoms with Crippen LogP contribution in [0.4, 0.5) is 0 Å². The van der Waals surface area contributed by atoms with Crippen LogP contribution in [0.1, 0.15) is 39.2 Å². The van der Waals surface area contributed by atoms with Crippen molar-refractivity contribution in [3.05, 3.63) is 29.8 Å². The van der Waals surface area contributed by atoms with Crippen LogP contribution in [-0.2, 0) is 0 Å². The summed E-state index contributed by atoms with van der Waals surface area (Å²) in [5.41, 5.74) is 1.28. The van der Waals surface area contributed by atoms with E-state index in [-0.39, 0.29) is 0 Å². The molecule has 0 unspecified atom stereocenters. The van der Waals surface area contributed by atoms with E-state index in [1.54, 1.807) is 0 Å². The Bertz CT molecular complexity index is 213. The standard InChI is InChI=1S/C11H16O.C2H6/c1-3-4-9-12-11-7-5-10(2)6-8-11;1-2/h5-8H,3-4,9H2,1-2H3;1-2H3. The van der Waals surface area contributed by atoms with Gasteiger partial charge in [-0.25, -0.2) is 0 Å². The lowest BCUT2D eigenvalue weighted by molar-refractivity contribution is 0.309. The topological polar surface area (TPSA) is 9.23 Å². The zero-order valence-electron chi connectivity index (χ0n) is 9.84. The first-order valence-corrected chi connectivity index (χ1v) is 5.52. The van der Waals surface area contributed by atoms with Crippen molar-refractivity contribution in [1.29, 1.82) is 0 Å². The Labute approximate surface area is 88.1 Å². The first kappa shape index (κ1) is 13.0. The highest BCUT2D eigenvalue weighted by molar-refractivity contribution is 5.26. The van der Waals surface area contributed by atoms with Gasteiger partial charge in [0.05, 0.1) is 6.61 Å². The van der Waals surface area contributed by atoms with E-state index in [0.29, 0.717) is 0 Å². The molecule has 1 nitrogen and oxygen atoms in total. The molecule has 0 radical (unpaired) electrons. The summed E-state index contributed by atoms with van der Waals surface area (Å²) in [6.45, 7) is 9.08. The number of hydrogen-bond acceptors (Lipinski definition) is 1. The zero-order valence-corrected chi connectivity index (χ0v) is 9.84. The molecular formula is C13H22O. The van der Waals surface area contributed by atoms with E-state index in [1.807, 2.05) is 26.0 Å². The molecule has 14 heavy (non-hydrogen) atoms. The summed E-state index contributed by atoms with van der Waals surface area (Å²) in [6, 6.07) is 8.18. The van der Waals surface area contributed by atoms with Gasteiger partial charge in [0.15, 0.2) is 0 Å². The van der Waals surface area contributed by atoms with Gasteiger partial charge < -0.3 is 4.74 Å². The van der Waals surface area contributed by atoms with E-state index in [1.165, 1.54) is 12.0 Å². The smallest absolute Gasteiger partial charge is 0.119 e. The summed E-state index contributed by atoms with van der Waals surface area (Å²) in [6.07, 6.45) is 2.32. The van der Waals surface area contributed by atoms with Crippen molar-refractivity contribution in [1.82, 2.24) is 0 Å². The van der Waals surface area contributed by atoms with Gasteiger partial charge in [0.1, 0.15) is 5.75 Å². The van der Waals surface area contributed by atoms with Gasteiger partial charge >= 0.3 is 0 Å². The fourth-order valence-corrected chi connectivity index (χ4v) is 0.969. The number of hydrogen-bond donors (Lipinski definition) is 0. The lowest BCUT2D eigenvalue weighted by Gasteiger charge is -2.04. The van der Waals surface area contributed by atoms with Crippen LogP contribution < -0.4 is 4.74 Å². The second kappa shape index (κ2) is 8.61. The van der Waals surface area contributed by atoms with E-state index < -0.39 is 0 Å². The molecule has 1 rings (SSSR count). The largest absolute Gasteiger partial charge is 0.494 e. The Morgan fingerprint density at radius 2 is 1.64 bits per heavy atom. The molecule has 0 atom stereocenters. The van der Waals surface area contributed by atoms with Crippen LogP contribution in [0.3, 0.4) is 0 Å². The van der Waals surface area contributed by atoms with E-state index in [2.05, 4.69) is 26.0 Å². The maximum absolute atomic E-state index is 5.50. The molecule has 80 valence electrons. The first-order valence-electron chi connectivity index (χ1n) is 5.52. The lowest BCUT2D eigenvalue weighted by atomic mass is 10.2. The Morgan fingerprint density at radius 1 is 1.07 bits per heavy atom. The Kier molecular flexibility index (Phi) is 8.01. The van der Waals surface area contributed by atoms with Crippen molar-refractivity contribution in [2.75, 3.05) is 6.61 Å². The first-order chi connectivity index (χ1) is 6.83. The van der Waals surface area contributed by atoms with Gasteiger partial charge in [-0.1, -0.05) is 44.9 Å². The highest BCUT2D eigenvalue weighted by atomic mass is 16.5. The summed E-state index contributed by atoms with van der Waals surface area (Å²) in [4.78, 5) is 0. The third kappa shape index (κ3) is 5.63. The minimum absolute atomic E-state index is 0.833. The minimum atomic E-state index is 0.833. The molecule has 1 aromatic carbocycles. The molecule has 0 aliphatic rings. The predicted octanol–water partition coefficient (Wildman–Crippen LogP) is 4.20. The third-order valence-electron chi connectivity index (χ3n) is 1.79. The second-order valence-electron chi connectivity index (χ2n) is 3.02. The van der Waals surface area contributed by atoms with Gasteiger partial charge in [-0.05, 0) is 25.5 Å². The maximum Gasteiger partial charge on any atom is 0.119 e. The third-order valence-corrected chi connectivity index (χ3v) is 1.79. The minimum Gasteiger partial charge on any atom is -0.494 e. The molecule has 0 aliphatic heterocycles. The van der Waals surface area contributed by atoms with Crippen LogP contribution in [-0.4, -0.2) is 6.61 Å². The molecule has 0 N–H and O–H groups in total. The molecule has 1 heteroatoms. The van der Waals surface area contributed by atoms with Crippen LogP contribution >= 0.6 is 0 Å². The van der Waals surface area contributed by atoms with Crippen LogP contribution in [0.2, 0.25) is 0 Å². The Hall–Kier alpha value is -0.980. The van der Waals surface area contributed by atoms with Gasteiger partial charge in [-0.3, -0.25) is 0 Å². The SMILES string of the molecule is CC.CCCCOc1ccc(C)cc1. The van der Waals surface area contributed by atoms with Crippen LogP contribution in [0.15, 0.2) is 24.3 Å². The van der Waals surface area contributed by atoms with Gasteiger partial charge in [0.2, 0.25) is 0 Å². The second-order valence-corrected chi connectivity index (χ2v) is 3.02. The Morgan fingerprint density at radius 3 is 2.14 bits per heavy atom. The van der Waals surface area contributed by atoms with Crippen molar-refractivity contribution < 1.29 is 4.74 Å². The summed E-state index contributed by atoms with van der Waals surface area (Å²) in [5.74, 6) is 0.981. The Balaban J connectivity index is 0.000000791. The number of aryl methyl sites for hydroxylation is 1. The molecular weight excluding hydrogens is 172 g/mol. The summed E-state index contributed by atoms with van der Waals surface area (Å²) in [5, 5.41) is 0. The van der Waals surface area contributed by atoms with Gasteiger partial charge in [-0.2, -0.15) is 0 Å². The number of unbranched alkanes of at least 4 members (excludes halogenated alkanes) is 1. The van der Waals surface area contributed by atoms with Crippen molar-refractivity contribution in [3.8, 4) is 5.75 Å². The maximum atomic E-state index is 5.50. The molecule has 0 saturated carbocycles. The molecule has 0 bridgehead atoms. The van der Waals surface area contributed by atoms with Crippen molar-refractivity contribution >= 4 is 0 Å². The normalized spacial score (nSPS) is 8.86. The summed E-state index contributed by atoms with van der Waals surface area (Å²) >= 11 is 0. The molecule has 0 aromatic heterocycles. The average Bonchev–Trinajstić information content (AvgIpc) is 2.24. The van der Waals surface area contributed by atoms with Crippen LogP contribution in [0.5, 0.6) is 5.75 Å². The van der Waals surface area contributed by atoms with E-state index >= 15 is 0 Å². The fourth-order valence-electron chi connectivity index (χ4n) is 0.969. The molecule has 0 aliphatic carbocycles. The summed E-state index contributed by atoms with van der Waals surface area (Å²) < 4.78 is 5.50. The van der Waals surface area contributed by atoms with Crippen LogP contribution in [0, 0.1) is 6.92 Å². The van der Waals surface area contributed by atoms with Crippen LogP contribution in [0.25, 0.3) is 0 Å². The number of ether oxygens (including phenoxy) is 1. The lowest BCUT2D eigenvalue weighted by Crippen LogP contribution is -1.95. The van der Waals surface area contributed by atoms with Gasteiger partial charge in [0, 0.05) is 0 Å². The zero-order chi connectivity index (χ0) is 10.8. The number of rotatable bonds is 4. The van der Waals surface area contributed by atoms with E-state index in [9.17, 15) is 0 Å². The van der Waals surface area contributed by atoms with Crippen molar-refractivity contribution in [2.45, 2.75) is 40.5 Å². The highest BCUT2D eigenvalue weighted by Gasteiger charge is 1.90. The van der Waals surface area contributed by atoms with Crippen molar-refractivity contribution in [3.63, 3.8) is 0 Å². The molecule has 0 saturated heterocycles. The van der Waals surface area contributed by atoms with Gasteiger partial charge in [-0.15, -0.1) is 0 Å². The average molecular weight is 194 g/mol. The quantitative estimate of drug-likeness (QED) is 0.653. The molecule has 0 spiro atoms. The molecule has 1 aromatic rings. The molecule has 0 fully saturated rings. The molecule has 0 amide bonds. The van der Waals surface area contributed by atoms with Gasteiger partial charge in [0.25, 0.3) is 0 Å². The highest BCUT2D eigenvalue weighted by Crippen LogP contribution is 2.11. The van der Waals surface area contributed by atoms with E-state index in [0.717, 1.165) is 18.8 Å². The number of benzene rings is 1. The van der Waals surface area contributed by atoms with Crippen molar-refractivity contribution in [2.24, 2.45) is 0 Å². The van der Waals surface area contributed by atoms with E-state index in [4.69, 9.17) is 4.74 Å². The molecule has 0 heterocycles. The predicted molar refractivity (Wildman–Crippen MR) is 62.9 cm³/mol. The fraction of sp³-hybridized carbons (Fsp3) is 0.538. The monoisotopic (exact) mass is 194 g/mol.